The van der Waals surface area contributed by atoms with Gasteiger partial charge in [0.2, 0.25) is 0 Å². The van der Waals surface area contributed by atoms with Gasteiger partial charge in [0.05, 0.1) is 11.6 Å². The molecule has 0 saturated carbocycles. The normalized spacial score (nSPS) is 19.2. The first-order valence-electron chi connectivity index (χ1n) is 7.16. The minimum absolute atomic E-state index is 0.681. The molecule has 4 heteroatoms. The van der Waals surface area contributed by atoms with Crippen LogP contribution in [0.5, 0.6) is 5.75 Å². The van der Waals surface area contributed by atoms with Crippen LogP contribution in [0.25, 0.3) is 0 Å². The van der Waals surface area contributed by atoms with Crippen LogP contribution in [0.2, 0.25) is 5.02 Å². The van der Waals surface area contributed by atoms with Crippen molar-refractivity contribution >= 4 is 17.3 Å². The van der Waals surface area contributed by atoms with Crippen LogP contribution in [0.4, 0.5) is 5.69 Å². The standard InChI is InChI=1S/C15H23ClN2O/c1-2-8-19-15-6-5-13(9-14(15)16)18-11-12-4-3-7-17-10-12/h5-6,9,12,17-18H,2-4,7-8,10-11H2,1H3. The number of benzene rings is 1. The molecule has 3 nitrogen and oxygen atoms in total. The van der Waals surface area contributed by atoms with Gasteiger partial charge in [-0.25, -0.2) is 0 Å². The van der Waals surface area contributed by atoms with Crippen molar-refractivity contribution in [1.29, 1.82) is 0 Å². The molecule has 0 amide bonds. The fraction of sp³-hybridized carbons (Fsp3) is 0.600. The highest BCUT2D eigenvalue weighted by Gasteiger charge is 2.12. The van der Waals surface area contributed by atoms with Gasteiger partial charge in [-0.05, 0) is 56.5 Å². The van der Waals surface area contributed by atoms with Gasteiger partial charge in [-0.15, -0.1) is 0 Å². The molecule has 19 heavy (non-hydrogen) atoms. The molecule has 106 valence electrons. The second kappa shape index (κ2) is 7.61. The predicted octanol–water partition coefficient (Wildman–Crippen LogP) is 3.54. The Balaban J connectivity index is 1.84. The van der Waals surface area contributed by atoms with Gasteiger partial charge in [-0.3, -0.25) is 0 Å². The lowest BCUT2D eigenvalue weighted by Crippen LogP contribution is -2.33. The number of ether oxygens (including phenoxy) is 1. The zero-order chi connectivity index (χ0) is 13.5. The molecular formula is C15H23ClN2O. The average molecular weight is 283 g/mol. The van der Waals surface area contributed by atoms with Crippen molar-refractivity contribution in [2.45, 2.75) is 26.2 Å². The van der Waals surface area contributed by atoms with Crippen molar-refractivity contribution in [3.63, 3.8) is 0 Å². The monoisotopic (exact) mass is 282 g/mol. The van der Waals surface area contributed by atoms with Crippen LogP contribution in [-0.2, 0) is 0 Å². The molecule has 0 bridgehead atoms. The van der Waals surface area contributed by atoms with Gasteiger partial charge in [-0.1, -0.05) is 18.5 Å². The van der Waals surface area contributed by atoms with Gasteiger partial charge < -0.3 is 15.4 Å². The maximum absolute atomic E-state index is 6.21. The highest BCUT2D eigenvalue weighted by molar-refractivity contribution is 6.32. The van der Waals surface area contributed by atoms with E-state index in [4.69, 9.17) is 16.3 Å². The molecule has 2 N–H and O–H groups in total. The Kier molecular flexibility index (Phi) is 5.80. The molecule has 1 saturated heterocycles. The lowest BCUT2D eigenvalue weighted by molar-refractivity contribution is 0.317. The van der Waals surface area contributed by atoms with Crippen LogP contribution in [0.15, 0.2) is 18.2 Å². The number of nitrogens with one attached hydrogen (secondary N) is 2. The van der Waals surface area contributed by atoms with E-state index >= 15 is 0 Å². The fourth-order valence-electron chi connectivity index (χ4n) is 2.30. The van der Waals surface area contributed by atoms with Crippen LogP contribution in [0.1, 0.15) is 26.2 Å². The second-order valence-corrected chi connectivity index (χ2v) is 5.49. The molecule has 1 atom stereocenters. The third kappa shape index (κ3) is 4.59. The summed E-state index contributed by atoms with van der Waals surface area (Å²) >= 11 is 6.21. The van der Waals surface area contributed by atoms with Crippen LogP contribution < -0.4 is 15.4 Å². The van der Waals surface area contributed by atoms with Crippen molar-refractivity contribution < 1.29 is 4.74 Å². The van der Waals surface area contributed by atoms with Gasteiger partial charge in [0.1, 0.15) is 5.75 Å². The first-order valence-corrected chi connectivity index (χ1v) is 7.54. The molecule has 1 aromatic rings. The van der Waals surface area contributed by atoms with Gasteiger partial charge in [0.25, 0.3) is 0 Å². The second-order valence-electron chi connectivity index (χ2n) is 5.09. The summed E-state index contributed by atoms with van der Waals surface area (Å²) in [6, 6.07) is 5.93. The van der Waals surface area contributed by atoms with E-state index < -0.39 is 0 Å². The first kappa shape index (κ1) is 14.5. The van der Waals surface area contributed by atoms with E-state index in [-0.39, 0.29) is 0 Å². The Morgan fingerprint density at radius 3 is 3.05 bits per heavy atom. The zero-order valence-corrected chi connectivity index (χ0v) is 12.3. The molecule has 1 aliphatic rings. The lowest BCUT2D eigenvalue weighted by atomic mass is 10.00. The third-order valence-electron chi connectivity index (χ3n) is 3.39. The Morgan fingerprint density at radius 2 is 2.37 bits per heavy atom. The molecule has 1 aromatic carbocycles. The number of anilines is 1. The molecule has 1 fully saturated rings. The van der Waals surface area contributed by atoms with E-state index in [9.17, 15) is 0 Å². The zero-order valence-electron chi connectivity index (χ0n) is 11.5. The largest absolute Gasteiger partial charge is 0.492 e. The smallest absolute Gasteiger partial charge is 0.138 e. The molecule has 1 heterocycles. The van der Waals surface area contributed by atoms with E-state index in [0.717, 1.165) is 37.5 Å². The maximum Gasteiger partial charge on any atom is 0.138 e. The molecule has 0 spiro atoms. The van der Waals surface area contributed by atoms with Crippen LogP contribution in [0.3, 0.4) is 0 Å². The number of hydrogen-bond acceptors (Lipinski definition) is 3. The quantitative estimate of drug-likeness (QED) is 0.837. The van der Waals surface area contributed by atoms with Crippen molar-refractivity contribution in [2.75, 3.05) is 31.6 Å². The highest BCUT2D eigenvalue weighted by Crippen LogP contribution is 2.28. The van der Waals surface area contributed by atoms with Crippen molar-refractivity contribution in [3.05, 3.63) is 23.2 Å². The van der Waals surface area contributed by atoms with Crippen LogP contribution in [0, 0.1) is 5.92 Å². The molecule has 1 aliphatic heterocycles. The predicted molar refractivity (Wildman–Crippen MR) is 81.3 cm³/mol. The van der Waals surface area contributed by atoms with Crippen LogP contribution in [-0.4, -0.2) is 26.2 Å². The van der Waals surface area contributed by atoms with E-state index in [1.165, 1.54) is 12.8 Å². The summed E-state index contributed by atoms with van der Waals surface area (Å²) in [5.41, 5.74) is 1.07. The van der Waals surface area contributed by atoms with Gasteiger partial charge >= 0.3 is 0 Å². The van der Waals surface area contributed by atoms with E-state index in [2.05, 4.69) is 17.6 Å². The Morgan fingerprint density at radius 1 is 1.47 bits per heavy atom. The number of hydrogen-bond donors (Lipinski definition) is 2. The highest BCUT2D eigenvalue weighted by atomic mass is 35.5. The van der Waals surface area contributed by atoms with Gasteiger partial charge in [0.15, 0.2) is 0 Å². The topological polar surface area (TPSA) is 33.3 Å². The summed E-state index contributed by atoms with van der Waals surface area (Å²) in [4.78, 5) is 0. The fourth-order valence-corrected chi connectivity index (χ4v) is 2.54. The third-order valence-corrected chi connectivity index (χ3v) is 3.68. The molecule has 2 rings (SSSR count). The molecule has 0 aromatic heterocycles. The Bertz CT molecular complexity index is 392. The maximum atomic E-state index is 6.21. The van der Waals surface area contributed by atoms with Crippen LogP contribution >= 0.6 is 11.6 Å². The van der Waals surface area contributed by atoms with Gasteiger partial charge in [-0.2, -0.15) is 0 Å². The molecule has 0 aliphatic carbocycles. The Hall–Kier alpha value is -0.930. The molecular weight excluding hydrogens is 260 g/mol. The van der Waals surface area contributed by atoms with Gasteiger partial charge in [0, 0.05) is 12.2 Å². The number of halogens is 1. The summed E-state index contributed by atoms with van der Waals surface area (Å²) in [7, 11) is 0. The Labute approximate surface area is 120 Å². The lowest BCUT2D eigenvalue weighted by Gasteiger charge is -2.23. The van der Waals surface area contributed by atoms with Crippen molar-refractivity contribution in [3.8, 4) is 5.75 Å². The summed E-state index contributed by atoms with van der Waals surface area (Å²) in [5, 5.41) is 7.57. The molecule has 0 radical (unpaired) electrons. The minimum atomic E-state index is 0.681. The molecule has 1 unspecified atom stereocenters. The summed E-state index contributed by atoms with van der Waals surface area (Å²) in [5.74, 6) is 1.48. The van der Waals surface area contributed by atoms with E-state index in [1.54, 1.807) is 0 Å². The number of piperidine rings is 1. The van der Waals surface area contributed by atoms with Crippen molar-refractivity contribution in [2.24, 2.45) is 5.92 Å². The first-order chi connectivity index (χ1) is 9.29. The van der Waals surface area contributed by atoms with E-state index in [1.807, 2.05) is 18.2 Å². The van der Waals surface area contributed by atoms with Crippen molar-refractivity contribution in [1.82, 2.24) is 5.32 Å². The SMILES string of the molecule is CCCOc1ccc(NCC2CCCNC2)cc1Cl. The van der Waals surface area contributed by atoms with E-state index in [0.29, 0.717) is 17.5 Å². The summed E-state index contributed by atoms with van der Waals surface area (Å²) in [6.45, 7) is 6.06. The summed E-state index contributed by atoms with van der Waals surface area (Å²) in [6.07, 6.45) is 3.56. The minimum Gasteiger partial charge on any atom is -0.492 e. The average Bonchev–Trinajstić information content (AvgIpc) is 2.45. The summed E-state index contributed by atoms with van der Waals surface area (Å²) < 4.78 is 5.57. The number of rotatable bonds is 6.